The van der Waals surface area contributed by atoms with Gasteiger partial charge in [-0.1, -0.05) is 32.1 Å². The largest absolute Gasteiger partial charge is 0.353 e. The predicted octanol–water partition coefficient (Wildman–Crippen LogP) is 3.56. The second-order valence-electron chi connectivity index (χ2n) is 7.27. The fourth-order valence-corrected chi connectivity index (χ4v) is 4.50. The first-order valence-corrected chi connectivity index (χ1v) is 8.85. The molecule has 2 N–H and O–H groups in total. The maximum absolute atomic E-state index is 12.1. The molecule has 1 saturated carbocycles. The Hall–Kier alpha value is -0.280. The predicted molar refractivity (Wildman–Crippen MR) is 88.8 cm³/mol. The zero-order chi connectivity index (χ0) is 13.8. The lowest BCUT2D eigenvalue weighted by molar-refractivity contribution is -0.122. The molecule has 0 aromatic rings. The van der Waals surface area contributed by atoms with E-state index in [2.05, 4.69) is 10.6 Å². The Labute approximate surface area is 135 Å². The molecule has 21 heavy (non-hydrogen) atoms. The zero-order valence-corrected chi connectivity index (χ0v) is 13.9. The minimum absolute atomic E-state index is 0. The number of carbonyl (C=O) groups excluding carboxylic acids is 1. The highest BCUT2D eigenvalue weighted by Gasteiger charge is 2.33. The number of hydrogen-bond acceptors (Lipinski definition) is 2. The first kappa shape index (κ1) is 17.1. The van der Waals surface area contributed by atoms with Crippen molar-refractivity contribution in [3.8, 4) is 0 Å². The average Bonchev–Trinajstić information content (AvgIpc) is 2.79. The molecule has 0 radical (unpaired) electrons. The smallest absolute Gasteiger partial charge is 0.220 e. The summed E-state index contributed by atoms with van der Waals surface area (Å²) in [5.74, 6) is 1.21. The first-order chi connectivity index (χ1) is 9.79. The summed E-state index contributed by atoms with van der Waals surface area (Å²) < 4.78 is 0. The molecular formula is C17H31ClN2O. The molecule has 2 unspecified atom stereocenters. The Bertz CT molecular complexity index is 319. The Morgan fingerprint density at radius 2 is 1.67 bits per heavy atom. The Kier molecular flexibility index (Phi) is 6.81. The van der Waals surface area contributed by atoms with Crippen molar-refractivity contribution in [3.05, 3.63) is 0 Å². The molecule has 0 aromatic heterocycles. The number of fused-ring (bicyclic) bond motifs is 2. The average molecular weight is 315 g/mol. The summed E-state index contributed by atoms with van der Waals surface area (Å²) in [6.07, 6.45) is 15.1. The summed E-state index contributed by atoms with van der Waals surface area (Å²) in [5, 5.41) is 6.91. The number of carbonyl (C=O) groups is 1. The highest BCUT2D eigenvalue weighted by molar-refractivity contribution is 5.85. The Morgan fingerprint density at radius 3 is 2.33 bits per heavy atom. The van der Waals surface area contributed by atoms with E-state index in [1.807, 2.05) is 0 Å². The lowest BCUT2D eigenvalue weighted by Gasteiger charge is -2.29. The van der Waals surface area contributed by atoms with Crippen LogP contribution < -0.4 is 10.6 Å². The van der Waals surface area contributed by atoms with Crippen LogP contribution in [-0.2, 0) is 4.79 Å². The van der Waals surface area contributed by atoms with Crippen molar-refractivity contribution in [1.29, 1.82) is 0 Å². The van der Waals surface area contributed by atoms with E-state index in [-0.39, 0.29) is 12.4 Å². The number of nitrogens with one attached hydrogen (secondary N) is 2. The van der Waals surface area contributed by atoms with E-state index in [9.17, 15) is 4.79 Å². The van der Waals surface area contributed by atoms with Gasteiger partial charge in [0.1, 0.15) is 0 Å². The molecule has 3 aliphatic rings. The standard InChI is InChI=1S/C17H30N2O.ClH/c20-17(8-4-7-13-5-2-1-3-6-13)19-16-11-14-9-10-15(12-16)18-14;/h13-16,18H,1-12H2,(H,19,20);1H. The SMILES string of the molecule is Cl.O=C(CCCC1CCCCC1)NC1CC2CCC(C1)N2. The van der Waals surface area contributed by atoms with Gasteiger partial charge in [-0.15, -0.1) is 12.4 Å². The van der Waals surface area contributed by atoms with Crippen molar-refractivity contribution >= 4 is 18.3 Å². The van der Waals surface area contributed by atoms with Crippen molar-refractivity contribution in [1.82, 2.24) is 10.6 Å². The maximum Gasteiger partial charge on any atom is 0.220 e. The monoisotopic (exact) mass is 314 g/mol. The molecule has 2 aliphatic heterocycles. The van der Waals surface area contributed by atoms with Gasteiger partial charge in [0, 0.05) is 24.5 Å². The zero-order valence-electron chi connectivity index (χ0n) is 13.1. The van der Waals surface area contributed by atoms with Gasteiger partial charge in [0.05, 0.1) is 0 Å². The van der Waals surface area contributed by atoms with Crippen LogP contribution in [0.15, 0.2) is 0 Å². The Balaban J connectivity index is 0.00000161. The minimum Gasteiger partial charge on any atom is -0.353 e. The van der Waals surface area contributed by atoms with Crippen LogP contribution in [0.2, 0.25) is 0 Å². The second-order valence-corrected chi connectivity index (χ2v) is 7.27. The first-order valence-electron chi connectivity index (χ1n) is 8.85. The van der Waals surface area contributed by atoms with E-state index in [1.54, 1.807) is 0 Å². The van der Waals surface area contributed by atoms with Crippen molar-refractivity contribution in [2.75, 3.05) is 0 Å². The topological polar surface area (TPSA) is 41.1 Å². The summed E-state index contributed by atoms with van der Waals surface area (Å²) in [6, 6.07) is 1.78. The molecule has 0 aromatic carbocycles. The highest BCUT2D eigenvalue weighted by atomic mass is 35.5. The van der Waals surface area contributed by atoms with Crippen molar-refractivity contribution < 1.29 is 4.79 Å². The van der Waals surface area contributed by atoms with Crippen LogP contribution in [0.5, 0.6) is 0 Å². The van der Waals surface area contributed by atoms with E-state index < -0.39 is 0 Å². The van der Waals surface area contributed by atoms with Crippen LogP contribution in [0.1, 0.15) is 77.0 Å². The molecule has 2 bridgehead atoms. The number of piperidine rings is 1. The highest BCUT2D eigenvalue weighted by Crippen LogP contribution is 2.28. The Morgan fingerprint density at radius 1 is 1.00 bits per heavy atom. The van der Waals surface area contributed by atoms with Gasteiger partial charge in [-0.2, -0.15) is 0 Å². The van der Waals surface area contributed by atoms with Crippen molar-refractivity contribution in [2.45, 2.75) is 95.2 Å². The summed E-state index contributed by atoms with van der Waals surface area (Å²) in [4.78, 5) is 12.1. The summed E-state index contributed by atoms with van der Waals surface area (Å²) in [6.45, 7) is 0. The lowest BCUT2D eigenvalue weighted by Crippen LogP contribution is -2.48. The molecule has 2 heterocycles. The molecule has 1 amide bonds. The number of hydrogen-bond donors (Lipinski definition) is 2. The lowest BCUT2D eigenvalue weighted by atomic mass is 9.86. The van der Waals surface area contributed by atoms with Crippen molar-refractivity contribution in [2.24, 2.45) is 5.92 Å². The van der Waals surface area contributed by atoms with Crippen LogP contribution in [-0.4, -0.2) is 24.0 Å². The fourth-order valence-electron chi connectivity index (χ4n) is 4.50. The third kappa shape index (κ3) is 5.14. The van der Waals surface area contributed by atoms with Gasteiger partial charge in [0.25, 0.3) is 0 Å². The van der Waals surface area contributed by atoms with Crippen LogP contribution >= 0.6 is 12.4 Å². The van der Waals surface area contributed by atoms with Gasteiger partial charge < -0.3 is 10.6 Å². The van der Waals surface area contributed by atoms with Gasteiger partial charge >= 0.3 is 0 Å². The molecule has 122 valence electrons. The molecule has 2 saturated heterocycles. The minimum atomic E-state index is 0. The number of amides is 1. The number of rotatable bonds is 5. The van der Waals surface area contributed by atoms with Gasteiger partial charge in [0.15, 0.2) is 0 Å². The van der Waals surface area contributed by atoms with E-state index in [0.717, 1.165) is 31.6 Å². The van der Waals surface area contributed by atoms with E-state index >= 15 is 0 Å². The molecule has 2 atom stereocenters. The van der Waals surface area contributed by atoms with Gasteiger partial charge in [-0.25, -0.2) is 0 Å². The van der Waals surface area contributed by atoms with E-state index in [1.165, 1.54) is 51.4 Å². The van der Waals surface area contributed by atoms with E-state index in [0.29, 0.717) is 24.0 Å². The molecule has 4 heteroatoms. The quantitative estimate of drug-likeness (QED) is 0.814. The maximum atomic E-state index is 12.1. The molecule has 3 fully saturated rings. The summed E-state index contributed by atoms with van der Waals surface area (Å²) in [5.41, 5.74) is 0. The second kappa shape index (κ2) is 8.38. The van der Waals surface area contributed by atoms with Gasteiger partial charge in [-0.3, -0.25) is 4.79 Å². The van der Waals surface area contributed by atoms with Crippen LogP contribution in [0.4, 0.5) is 0 Å². The molecular weight excluding hydrogens is 284 g/mol. The van der Waals surface area contributed by atoms with E-state index in [4.69, 9.17) is 0 Å². The third-order valence-corrected chi connectivity index (χ3v) is 5.58. The third-order valence-electron chi connectivity index (χ3n) is 5.58. The molecule has 0 spiro atoms. The molecule has 3 nitrogen and oxygen atoms in total. The normalized spacial score (nSPS) is 32.5. The van der Waals surface area contributed by atoms with Crippen LogP contribution in [0, 0.1) is 5.92 Å². The van der Waals surface area contributed by atoms with Gasteiger partial charge in [0.2, 0.25) is 5.91 Å². The summed E-state index contributed by atoms with van der Waals surface area (Å²) >= 11 is 0. The number of halogens is 1. The summed E-state index contributed by atoms with van der Waals surface area (Å²) in [7, 11) is 0. The molecule has 1 aliphatic carbocycles. The molecule has 3 rings (SSSR count). The van der Waals surface area contributed by atoms with Crippen LogP contribution in [0.25, 0.3) is 0 Å². The van der Waals surface area contributed by atoms with Gasteiger partial charge in [-0.05, 0) is 44.4 Å². The van der Waals surface area contributed by atoms with Crippen molar-refractivity contribution in [3.63, 3.8) is 0 Å². The van der Waals surface area contributed by atoms with Crippen LogP contribution in [0.3, 0.4) is 0 Å². The fraction of sp³-hybridized carbons (Fsp3) is 0.941.